The zero-order valence-corrected chi connectivity index (χ0v) is 22.4. The normalized spacial score (nSPS) is 21.1. The Hall–Kier alpha value is -2.65. The molecule has 35 heavy (non-hydrogen) atoms. The van der Waals surface area contributed by atoms with Crippen molar-refractivity contribution < 1.29 is 23.8 Å². The molecule has 0 radical (unpaired) electrons. The quantitative estimate of drug-likeness (QED) is 0.418. The van der Waals surface area contributed by atoms with Crippen LogP contribution >= 0.6 is 23.1 Å². The van der Waals surface area contributed by atoms with Crippen LogP contribution in [0.1, 0.15) is 42.8 Å². The number of amides is 1. The van der Waals surface area contributed by atoms with E-state index in [0.717, 1.165) is 21.8 Å². The predicted octanol–water partition coefficient (Wildman–Crippen LogP) is 4.06. The number of hydrogen-bond acceptors (Lipinski definition) is 8. The average molecular weight is 517 g/mol. The van der Waals surface area contributed by atoms with Crippen LogP contribution in [-0.4, -0.2) is 54.6 Å². The van der Waals surface area contributed by atoms with Crippen LogP contribution in [0.2, 0.25) is 0 Å². The molecule has 0 spiro atoms. The Morgan fingerprint density at radius 2 is 2.06 bits per heavy atom. The molecule has 0 bridgehead atoms. The number of hydrogen-bond donors (Lipinski definition) is 1. The highest BCUT2D eigenvalue weighted by Crippen LogP contribution is 2.54. The van der Waals surface area contributed by atoms with Gasteiger partial charge in [-0.05, 0) is 74.2 Å². The number of thioether (sulfide) groups is 1. The van der Waals surface area contributed by atoms with Crippen molar-refractivity contribution in [1.82, 2.24) is 4.90 Å². The molecule has 0 saturated carbocycles. The third-order valence-electron chi connectivity index (χ3n) is 6.25. The monoisotopic (exact) mass is 516 g/mol. The van der Waals surface area contributed by atoms with Crippen molar-refractivity contribution in [1.29, 1.82) is 0 Å². The Bertz CT molecular complexity index is 1140. The van der Waals surface area contributed by atoms with Crippen LogP contribution in [0.3, 0.4) is 0 Å². The molecular weight excluding hydrogens is 484 g/mol. The van der Waals surface area contributed by atoms with E-state index in [4.69, 9.17) is 19.9 Å². The highest BCUT2D eigenvalue weighted by atomic mass is 32.2. The number of carbonyl (C=O) groups is 2. The predicted molar refractivity (Wildman–Crippen MR) is 139 cm³/mol. The van der Waals surface area contributed by atoms with Gasteiger partial charge in [0.15, 0.2) is 11.5 Å². The van der Waals surface area contributed by atoms with Crippen molar-refractivity contribution in [3.8, 4) is 11.5 Å². The second kappa shape index (κ2) is 9.78. The summed E-state index contributed by atoms with van der Waals surface area (Å²) in [7, 11) is 1.62. The number of methoxy groups -OCH3 is 1. The minimum atomic E-state index is -1.22. The van der Waals surface area contributed by atoms with Crippen LogP contribution in [0.25, 0.3) is 0 Å². The van der Waals surface area contributed by atoms with Crippen molar-refractivity contribution in [3.63, 3.8) is 0 Å². The van der Waals surface area contributed by atoms with Gasteiger partial charge in [-0.1, -0.05) is 6.07 Å². The molecule has 2 aliphatic rings. The molecule has 1 aromatic carbocycles. The number of nitrogens with two attached hydrogens (primary N) is 1. The molecule has 0 fully saturated rings. The maximum atomic E-state index is 13.3. The summed E-state index contributed by atoms with van der Waals surface area (Å²) in [5.74, 6) is 1.12. The molecule has 0 aliphatic carbocycles. The third kappa shape index (κ3) is 4.63. The smallest absolute Gasteiger partial charge is 0.354 e. The van der Waals surface area contributed by atoms with Gasteiger partial charge in [0.05, 0.1) is 19.8 Å². The van der Waals surface area contributed by atoms with Crippen LogP contribution in [-0.2, 0) is 26.2 Å². The maximum Gasteiger partial charge on any atom is 0.354 e. The van der Waals surface area contributed by atoms with Crippen molar-refractivity contribution >= 4 is 35.0 Å². The zero-order chi connectivity index (χ0) is 25.4. The lowest BCUT2D eigenvalue weighted by atomic mass is 9.73. The lowest BCUT2D eigenvalue weighted by molar-refractivity contribution is -0.152. The summed E-state index contributed by atoms with van der Waals surface area (Å²) in [5.41, 5.74) is 6.57. The number of nitrogens with zero attached hydrogens (tertiary/aromatic N) is 1. The maximum absolute atomic E-state index is 13.3. The van der Waals surface area contributed by atoms with Crippen molar-refractivity contribution in [3.05, 3.63) is 57.4 Å². The van der Waals surface area contributed by atoms with Gasteiger partial charge in [-0.2, -0.15) is 11.8 Å². The topological polar surface area (TPSA) is 91.1 Å². The second-order valence-corrected chi connectivity index (χ2v) is 11.6. The van der Waals surface area contributed by atoms with Gasteiger partial charge in [0.2, 0.25) is 5.91 Å². The van der Waals surface area contributed by atoms with Crippen LogP contribution in [0.5, 0.6) is 11.5 Å². The van der Waals surface area contributed by atoms with Crippen LogP contribution in [0.15, 0.2) is 41.4 Å². The first-order valence-corrected chi connectivity index (χ1v) is 13.8. The van der Waals surface area contributed by atoms with Gasteiger partial charge < -0.3 is 24.8 Å². The highest BCUT2D eigenvalue weighted by Gasteiger charge is 2.57. The molecule has 2 aliphatic heterocycles. The van der Waals surface area contributed by atoms with E-state index in [1.165, 1.54) is 11.3 Å². The van der Waals surface area contributed by atoms with E-state index in [-0.39, 0.29) is 0 Å². The molecule has 9 heteroatoms. The van der Waals surface area contributed by atoms with E-state index in [0.29, 0.717) is 36.8 Å². The average Bonchev–Trinajstić information content (AvgIpc) is 3.44. The third-order valence-corrected chi connectivity index (χ3v) is 7.84. The second-order valence-electron chi connectivity index (χ2n) is 9.63. The molecule has 0 saturated heterocycles. The lowest BCUT2D eigenvalue weighted by Gasteiger charge is -2.42. The van der Waals surface area contributed by atoms with Crippen molar-refractivity contribution in [2.24, 2.45) is 5.73 Å². The molecule has 7 nitrogen and oxygen atoms in total. The number of thiophene rings is 1. The standard InChI is InChI=1S/C26H32N2O5S2/c1-25(2,3)33-23(29)18-15-26(24(27)30,21-7-6-11-35-21)22-17-14-20(32-10-12-34-5)19(31-4)13-16(17)8-9-28(18)22/h6-7,11,13-15,22H,8-10,12H2,1-5H3,(H2,27,30). The zero-order valence-electron chi connectivity index (χ0n) is 20.8. The summed E-state index contributed by atoms with van der Waals surface area (Å²) in [6.45, 7) is 6.55. The van der Waals surface area contributed by atoms with Gasteiger partial charge in [0, 0.05) is 17.2 Å². The van der Waals surface area contributed by atoms with E-state index in [9.17, 15) is 9.59 Å². The summed E-state index contributed by atoms with van der Waals surface area (Å²) >= 11 is 3.15. The van der Waals surface area contributed by atoms with E-state index in [2.05, 4.69) is 0 Å². The largest absolute Gasteiger partial charge is 0.493 e. The number of fused-ring (bicyclic) bond motifs is 3. The Morgan fingerprint density at radius 1 is 1.29 bits per heavy atom. The van der Waals surface area contributed by atoms with Crippen LogP contribution in [0.4, 0.5) is 0 Å². The first-order chi connectivity index (χ1) is 16.6. The molecular formula is C26H32N2O5S2. The van der Waals surface area contributed by atoms with Crippen molar-refractivity contribution in [2.45, 2.75) is 44.2 Å². The van der Waals surface area contributed by atoms with Gasteiger partial charge in [0.25, 0.3) is 0 Å². The first-order valence-electron chi connectivity index (χ1n) is 11.5. The molecule has 2 unspecified atom stereocenters. The summed E-state index contributed by atoms with van der Waals surface area (Å²) < 4.78 is 17.4. The molecule has 1 aromatic heterocycles. The molecule has 4 rings (SSSR count). The van der Waals surface area contributed by atoms with Crippen LogP contribution in [0, 0.1) is 0 Å². The number of primary amides is 1. The fourth-order valence-electron chi connectivity index (χ4n) is 4.82. The van der Waals surface area contributed by atoms with Crippen LogP contribution < -0.4 is 15.2 Å². The Balaban J connectivity index is 1.89. The molecule has 188 valence electrons. The molecule has 3 heterocycles. The molecule has 2 aromatic rings. The van der Waals surface area contributed by atoms with E-state index in [1.54, 1.807) is 24.9 Å². The minimum absolute atomic E-state index is 0.364. The van der Waals surface area contributed by atoms with Gasteiger partial charge in [-0.3, -0.25) is 4.79 Å². The number of benzene rings is 1. The van der Waals surface area contributed by atoms with E-state index >= 15 is 0 Å². The number of carbonyl (C=O) groups excluding carboxylic acids is 2. The summed E-state index contributed by atoms with van der Waals surface area (Å²) in [6, 6.07) is 7.22. The van der Waals surface area contributed by atoms with Gasteiger partial charge >= 0.3 is 5.97 Å². The van der Waals surface area contributed by atoms with E-state index in [1.807, 2.05) is 61.6 Å². The number of esters is 1. The first kappa shape index (κ1) is 25.4. The summed E-state index contributed by atoms with van der Waals surface area (Å²) in [5, 5.41) is 1.92. The minimum Gasteiger partial charge on any atom is -0.493 e. The fourth-order valence-corrected chi connectivity index (χ4v) is 5.99. The highest BCUT2D eigenvalue weighted by molar-refractivity contribution is 7.98. The van der Waals surface area contributed by atoms with E-state index < -0.39 is 28.9 Å². The number of rotatable bonds is 8. The molecule has 2 atom stereocenters. The Kier molecular flexibility index (Phi) is 7.11. The number of ether oxygens (including phenoxy) is 3. The fraction of sp³-hybridized carbons (Fsp3) is 0.462. The van der Waals surface area contributed by atoms with Crippen molar-refractivity contribution in [2.75, 3.05) is 32.3 Å². The summed E-state index contributed by atoms with van der Waals surface area (Å²) in [4.78, 5) is 29.4. The van der Waals surface area contributed by atoms with Gasteiger partial charge in [-0.15, -0.1) is 11.3 Å². The lowest BCUT2D eigenvalue weighted by Crippen LogP contribution is -2.48. The molecule has 1 amide bonds. The summed E-state index contributed by atoms with van der Waals surface area (Å²) in [6.07, 6.45) is 4.41. The van der Waals surface area contributed by atoms with Gasteiger partial charge in [-0.25, -0.2) is 4.79 Å². The van der Waals surface area contributed by atoms with Gasteiger partial charge in [0.1, 0.15) is 16.7 Å². The Labute approximate surface area is 214 Å². The Morgan fingerprint density at radius 3 is 2.66 bits per heavy atom. The SMILES string of the molecule is COc1cc2c(cc1OCCSC)C1N(CC2)C(C(=O)OC(C)(C)C)=CC1(C(N)=O)c1cccs1. The molecule has 2 N–H and O–H groups in total.